The molecule has 2 aliphatic carbocycles. The summed E-state index contributed by atoms with van der Waals surface area (Å²) in [6, 6.07) is 14.0. The van der Waals surface area contributed by atoms with Gasteiger partial charge in [-0.1, -0.05) is 185 Å². The Hall–Kier alpha value is -4.41. The van der Waals surface area contributed by atoms with Crippen molar-refractivity contribution in [1.29, 1.82) is 0 Å². The van der Waals surface area contributed by atoms with Crippen molar-refractivity contribution < 1.29 is 43.8 Å². The van der Waals surface area contributed by atoms with Crippen molar-refractivity contribution in [2.24, 2.45) is 5.92 Å². The summed E-state index contributed by atoms with van der Waals surface area (Å²) in [5.74, 6) is 2.35. The van der Waals surface area contributed by atoms with Crippen LogP contribution in [0.1, 0.15) is 232 Å². The van der Waals surface area contributed by atoms with Crippen molar-refractivity contribution in [3.63, 3.8) is 0 Å². The molecule has 0 amide bonds. The number of unbranched alkanes of at least 4 members (excludes halogenated alkanes) is 15. The second-order valence-corrected chi connectivity index (χ2v) is 22.7. The molecule has 0 saturated heterocycles. The molecular formula is C70H106O9. The summed E-state index contributed by atoms with van der Waals surface area (Å²) >= 11 is 0. The first kappa shape index (κ1) is 65.4. The normalized spacial score (nSPS) is 15.1. The van der Waals surface area contributed by atoms with Gasteiger partial charge in [0.15, 0.2) is 0 Å². The fourth-order valence-electron chi connectivity index (χ4n) is 11.6. The molecule has 79 heavy (non-hydrogen) atoms. The van der Waals surface area contributed by atoms with Gasteiger partial charge in [0.1, 0.15) is 17.2 Å². The van der Waals surface area contributed by atoms with Gasteiger partial charge in [-0.15, -0.1) is 0 Å². The van der Waals surface area contributed by atoms with Crippen LogP contribution in [0.25, 0.3) is 0 Å². The third-order valence-electron chi connectivity index (χ3n) is 15.7. The van der Waals surface area contributed by atoms with Crippen molar-refractivity contribution in [2.75, 3.05) is 52.9 Å². The van der Waals surface area contributed by atoms with E-state index in [4.69, 9.17) is 23.7 Å². The predicted octanol–water partition coefficient (Wildman–Crippen LogP) is 15.7. The number of allylic oxidation sites excluding steroid dienone is 2. The highest BCUT2D eigenvalue weighted by Crippen LogP contribution is 2.42. The number of hydrogen-bond acceptors (Lipinski definition) is 9. The number of aryl methyl sites for hydroxylation is 3. The van der Waals surface area contributed by atoms with E-state index in [2.05, 4.69) is 82.8 Å². The summed E-state index contributed by atoms with van der Waals surface area (Å²) in [4.78, 5) is 12.2. The molecule has 0 aliphatic heterocycles. The minimum atomic E-state index is -0.407. The van der Waals surface area contributed by atoms with Crippen molar-refractivity contribution >= 4 is 5.97 Å². The molecule has 440 valence electrons. The Morgan fingerprint density at radius 3 is 1.30 bits per heavy atom. The predicted molar refractivity (Wildman–Crippen MR) is 325 cm³/mol. The highest BCUT2D eigenvalue weighted by molar-refractivity contribution is 5.81. The van der Waals surface area contributed by atoms with Crippen molar-refractivity contribution in [2.45, 2.75) is 233 Å². The molecular weight excluding hydrogens is 985 g/mol. The zero-order valence-corrected chi connectivity index (χ0v) is 49.9. The summed E-state index contributed by atoms with van der Waals surface area (Å²) in [6.45, 7) is 15.8. The first-order chi connectivity index (χ1) is 38.8. The van der Waals surface area contributed by atoms with Gasteiger partial charge in [-0.2, -0.15) is 0 Å². The molecule has 9 heteroatoms. The van der Waals surface area contributed by atoms with Crippen molar-refractivity contribution in [3.05, 3.63) is 122 Å². The van der Waals surface area contributed by atoms with Crippen molar-refractivity contribution in [1.82, 2.24) is 0 Å². The van der Waals surface area contributed by atoms with Crippen LogP contribution in [0.15, 0.2) is 72.4 Å². The Morgan fingerprint density at radius 2 is 0.873 bits per heavy atom. The lowest BCUT2D eigenvalue weighted by Gasteiger charge is -2.34. The van der Waals surface area contributed by atoms with Crippen LogP contribution in [-0.2, 0) is 59.2 Å². The summed E-state index contributed by atoms with van der Waals surface area (Å²) in [5, 5.41) is 30.8. The topological polar surface area (TPSA) is 124 Å². The van der Waals surface area contributed by atoms with E-state index in [-0.39, 0.29) is 31.8 Å². The molecule has 8 bridgehead atoms. The quantitative estimate of drug-likeness (QED) is 0.0289. The first-order valence-corrected chi connectivity index (χ1v) is 31.8. The van der Waals surface area contributed by atoms with E-state index in [0.29, 0.717) is 84.4 Å². The first-order valence-electron chi connectivity index (χ1n) is 31.8. The van der Waals surface area contributed by atoms with Crippen LogP contribution in [-0.4, -0.2) is 80.2 Å². The molecule has 0 radical (unpaired) electrons. The van der Waals surface area contributed by atoms with Crippen LogP contribution in [0.4, 0.5) is 0 Å². The number of rotatable bonds is 41. The van der Waals surface area contributed by atoms with Gasteiger partial charge < -0.3 is 39.0 Å². The van der Waals surface area contributed by atoms with E-state index in [1.807, 2.05) is 0 Å². The van der Waals surface area contributed by atoms with Gasteiger partial charge in [-0.05, 0) is 146 Å². The van der Waals surface area contributed by atoms with Gasteiger partial charge in [-0.25, -0.2) is 4.79 Å². The molecule has 3 aromatic carbocycles. The molecule has 2 unspecified atom stereocenters. The smallest absolute Gasteiger partial charge is 0.330 e. The molecule has 2 atom stereocenters. The Labute approximate surface area is 479 Å². The Kier molecular flexibility index (Phi) is 32.4. The number of hydrogen-bond donors (Lipinski definition) is 3. The fraction of sp³-hybridized carbons (Fsp3) is 0.643. The van der Waals surface area contributed by atoms with Crippen LogP contribution in [0.2, 0.25) is 0 Å². The molecule has 0 heterocycles. The minimum absolute atomic E-state index is 0.0440. The highest BCUT2D eigenvalue weighted by Gasteiger charge is 2.32. The van der Waals surface area contributed by atoms with Gasteiger partial charge in [0.05, 0.1) is 32.5 Å². The van der Waals surface area contributed by atoms with Crippen LogP contribution in [0.5, 0.6) is 17.2 Å². The number of ether oxygens (including phenoxy) is 5. The lowest BCUT2D eigenvalue weighted by Crippen LogP contribution is -2.31. The summed E-state index contributed by atoms with van der Waals surface area (Å²) in [7, 11) is 0. The number of carbonyl (C=O) groups is 1. The Bertz CT molecular complexity index is 2280. The van der Waals surface area contributed by atoms with Gasteiger partial charge in [0.25, 0.3) is 0 Å². The maximum Gasteiger partial charge on any atom is 0.330 e. The monoisotopic (exact) mass is 1090 g/mol. The molecule has 9 nitrogen and oxygen atoms in total. The van der Waals surface area contributed by atoms with E-state index in [9.17, 15) is 20.1 Å². The second-order valence-electron chi connectivity index (χ2n) is 22.7. The highest BCUT2D eigenvalue weighted by atomic mass is 16.5. The summed E-state index contributed by atoms with van der Waals surface area (Å²) in [6.07, 6.45) is 35.3. The largest absolute Gasteiger partial charge is 0.493 e. The number of fused-ring (bicyclic) bond motifs is 8. The third-order valence-corrected chi connectivity index (χ3v) is 15.7. The zero-order chi connectivity index (χ0) is 56.3. The number of esters is 1. The number of benzene rings is 3. The molecule has 3 N–H and O–H groups in total. The van der Waals surface area contributed by atoms with Gasteiger partial charge >= 0.3 is 5.97 Å². The van der Waals surface area contributed by atoms with E-state index in [1.54, 1.807) is 0 Å². The fourth-order valence-corrected chi connectivity index (χ4v) is 11.6. The van der Waals surface area contributed by atoms with E-state index >= 15 is 0 Å². The van der Waals surface area contributed by atoms with Crippen LogP contribution < -0.4 is 14.2 Å². The standard InChI is InChI=1S/C70H106O9/c1-6-11-15-19-23-38-77-68-60-44-55(31-27-35-72)46-62(68)52-64-48-57(33-29-41-75-66(74)10-5)49-65(70(64)79-40-25-21-17-13-8-3)53-63-47-56(32-28-36-73)45-61(69(63)78-39-24-20-16-12-7-2)51-59-43-54(30-26-34-71)42-58(50-60)67(59)76-37-22-18-14-9-4/h10,42-49,64,70-73H,5-9,11-41,50-53H2,1-4H3. The third kappa shape index (κ3) is 23.2. The van der Waals surface area contributed by atoms with Gasteiger partial charge in [0.2, 0.25) is 0 Å². The second kappa shape index (κ2) is 39.1. The SMILES string of the molecule is C=CC(=O)OCCCC1=CC2Cc3cc(CCCO)cc(c3OCCCCCCC)Cc3cc(CCCO)cc(c3OCCCCCC)Cc3cc(CCCO)cc(c3OCCCCCCC)CC(=C1)C2OCCCCCCC. The lowest BCUT2D eigenvalue weighted by molar-refractivity contribution is -0.137. The van der Waals surface area contributed by atoms with Gasteiger partial charge in [0, 0.05) is 51.3 Å². The molecule has 5 rings (SSSR count). The minimum Gasteiger partial charge on any atom is -0.493 e. The number of aliphatic hydroxyl groups is 3. The molecule has 0 aromatic heterocycles. The van der Waals surface area contributed by atoms with Crippen LogP contribution in [0, 0.1) is 5.92 Å². The average Bonchev–Trinajstić information content (AvgIpc) is 3.53. The molecule has 2 aliphatic rings. The lowest BCUT2D eigenvalue weighted by atomic mass is 9.79. The van der Waals surface area contributed by atoms with Gasteiger partial charge in [-0.3, -0.25) is 0 Å². The van der Waals surface area contributed by atoms with E-state index < -0.39 is 5.97 Å². The van der Waals surface area contributed by atoms with Crippen LogP contribution >= 0.6 is 0 Å². The Balaban J connectivity index is 1.84. The average molecular weight is 1090 g/mol. The summed E-state index contributed by atoms with van der Waals surface area (Å²) in [5.41, 5.74) is 12.7. The van der Waals surface area contributed by atoms with Crippen LogP contribution in [0.3, 0.4) is 0 Å². The Morgan fingerprint density at radius 1 is 0.481 bits per heavy atom. The molecule has 3 aromatic rings. The summed E-state index contributed by atoms with van der Waals surface area (Å²) < 4.78 is 34.4. The number of carbonyl (C=O) groups excluding carboxylic acids is 1. The maximum atomic E-state index is 12.2. The van der Waals surface area contributed by atoms with Crippen molar-refractivity contribution in [3.8, 4) is 17.2 Å². The maximum absolute atomic E-state index is 12.2. The molecule has 0 fully saturated rings. The zero-order valence-electron chi connectivity index (χ0n) is 49.9. The van der Waals surface area contributed by atoms with E-state index in [1.165, 1.54) is 98.1 Å². The molecule has 0 spiro atoms. The van der Waals surface area contributed by atoms with E-state index in [0.717, 1.165) is 134 Å². The number of aliphatic hydroxyl groups excluding tert-OH is 3. The molecule has 0 saturated carbocycles.